The smallest absolute Gasteiger partial charge is 0.442 e. The zero-order chi connectivity index (χ0) is 18.1. The number of halogens is 3. The number of rotatable bonds is 4. The van der Waals surface area contributed by atoms with Crippen molar-refractivity contribution in [3.05, 3.63) is 41.6 Å². The van der Waals surface area contributed by atoms with Crippen LogP contribution in [0.1, 0.15) is 30.9 Å². The van der Waals surface area contributed by atoms with Crippen molar-refractivity contribution in [3.8, 4) is 5.75 Å². The number of alkyl halides is 3. The Hall–Kier alpha value is -2.22. The van der Waals surface area contributed by atoms with Gasteiger partial charge in [-0.15, -0.1) is 0 Å². The number of aliphatic hydroxyl groups is 1. The number of aryl methyl sites for hydroxylation is 1. The maximum Gasteiger partial charge on any atom is 0.442 e. The van der Waals surface area contributed by atoms with Crippen molar-refractivity contribution < 1.29 is 27.8 Å². The minimum atomic E-state index is -5.03. The summed E-state index contributed by atoms with van der Waals surface area (Å²) < 4.78 is 44.1. The predicted molar refractivity (Wildman–Crippen MR) is 80.9 cm³/mol. The van der Waals surface area contributed by atoms with Gasteiger partial charge in [0, 0.05) is 6.20 Å². The van der Waals surface area contributed by atoms with Crippen LogP contribution < -0.4 is 10.2 Å². The third-order valence-electron chi connectivity index (χ3n) is 3.74. The molecule has 0 unspecified atom stereocenters. The molecule has 5 nitrogen and oxygen atoms in total. The summed E-state index contributed by atoms with van der Waals surface area (Å²) in [4.78, 5) is 12.0. The summed E-state index contributed by atoms with van der Waals surface area (Å²) >= 11 is 0. The highest BCUT2D eigenvalue weighted by atomic mass is 19.4. The van der Waals surface area contributed by atoms with Gasteiger partial charge in [-0.1, -0.05) is 26.0 Å². The molecule has 1 aliphatic heterocycles. The molecular formula is C16H19F3N2O3. The molecule has 0 fully saturated rings. The van der Waals surface area contributed by atoms with Gasteiger partial charge < -0.3 is 15.3 Å². The van der Waals surface area contributed by atoms with Gasteiger partial charge >= 0.3 is 6.18 Å². The van der Waals surface area contributed by atoms with Crippen LogP contribution in [0.5, 0.6) is 5.75 Å². The summed E-state index contributed by atoms with van der Waals surface area (Å²) in [5.41, 5.74) is 0.554. The monoisotopic (exact) mass is 344 g/mol. The molecule has 1 amide bonds. The van der Waals surface area contributed by atoms with E-state index in [1.807, 2.05) is 26.0 Å². The van der Waals surface area contributed by atoms with Gasteiger partial charge in [0.1, 0.15) is 5.75 Å². The Morgan fingerprint density at radius 2 is 2.08 bits per heavy atom. The largest absolute Gasteiger partial charge is 0.483 e. The fourth-order valence-corrected chi connectivity index (χ4v) is 2.28. The molecule has 0 spiro atoms. The number of ether oxygens (including phenoxy) is 1. The lowest BCUT2D eigenvalue weighted by Gasteiger charge is -2.33. The molecule has 1 atom stereocenters. The second-order valence-corrected chi connectivity index (χ2v) is 5.88. The van der Waals surface area contributed by atoms with Gasteiger partial charge in [-0.05, 0) is 36.1 Å². The molecule has 1 aromatic rings. The van der Waals surface area contributed by atoms with Crippen molar-refractivity contribution in [1.29, 1.82) is 0 Å². The number of carbonyl (C=O) groups excluding carboxylic acids is 1. The van der Waals surface area contributed by atoms with E-state index in [2.05, 4.69) is 5.43 Å². The van der Waals surface area contributed by atoms with Crippen LogP contribution in [0.2, 0.25) is 0 Å². The first-order valence-corrected chi connectivity index (χ1v) is 7.35. The molecule has 0 saturated heterocycles. The van der Waals surface area contributed by atoms with E-state index >= 15 is 0 Å². The molecule has 8 heteroatoms. The second kappa shape index (κ2) is 6.35. The average Bonchev–Trinajstić information content (AvgIpc) is 2.88. The van der Waals surface area contributed by atoms with E-state index in [1.165, 1.54) is 0 Å². The molecule has 1 aliphatic rings. The maximum absolute atomic E-state index is 12.9. The molecule has 0 aromatic heterocycles. The molecule has 0 radical (unpaired) electrons. The highest BCUT2D eigenvalue weighted by molar-refractivity contribution is 5.79. The number of hydrogen-bond donors (Lipinski definition) is 2. The van der Waals surface area contributed by atoms with Crippen LogP contribution in [0.4, 0.5) is 13.2 Å². The van der Waals surface area contributed by atoms with Crippen molar-refractivity contribution in [2.45, 2.75) is 38.6 Å². The molecule has 0 bridgehead atoms. The van der Waals surface area contributed by atoms with E-state index < -0.39 is 24.4 Å². The van der Waals surface area contributed by atoms with Gasteiger partial charge in [0.25, 0.3) is 11.6 Å². The summed E-state index contributed by atoms with van der Waals surface area (Å²) in [7, 11) is 0. The molecule has 0 aliphatic carbocycles. The fourth-order valence-electron chi connectivity index (χ4n) is 2.28. The number of amides is 1. The van der Waals surface area contributed by atoms with Crippen LogP contribution in [0.3, 0.4) is 0 Å². The molecular weight excluding hydrogens is 325 g/mol. The molecule has 24 heavy (non-hydrogen) atoms. The van der Waals surface area contributed by atoms with Gasteiger partial charge in [-0.25, -0.2) is 5.01 Å². The molecule has 1 aromatic carbocycles. The van der Waals surface area contributed by atoms with Gasteiger partial charge in [0.15, 0.2) is 6.61 Å². The normalized spacial score (nSPS) is 20.4. The maximum atomic E-state index is 12.9. The van der Waals surface area contributed by atoms with E-state index in [0.29, 0.717) is 17.7 Å². The van der Waals surface area contributed by atoms with E-state index in [4.69, 9.17) is 4.74 Å². The molecule has 2 N–H and O–H groups in total. The lowest BCUT2D eigenvalue weighted by Crippen LogP contribution is -2.61. The van der Waals surface area contributed by atoms with Crippen molar-refractivity contribution >= 4 is 5.91 Å². The van der Waals surface area contributed by atoms with Crippen molar-refractivity contribution in [1.82, 2.24) is 10.4 Å². The predicted octanol–water partition coefficient (Wildman–Crippen LogP) is 2.61. The zero-order valence-electron chi connectivity index (χ0n) is 13.5. The highest BCUT2D eigenvalue weighted by Crippen LogP contribution is 2.36. The Balaban J connectivity index is 2.06. The van der Waals surface area contributed by atoms with Crippen LogP contribution in [-0.4, -0.2) is 34.5 Å². The van der Waals surface area contributed by atoms with Crippen molar-refractivity contribution in [2.24, 2.45) is 0 Å². The van der Waals surface area contributed by atoms with Gasteiger partial charge in [-0.2, -0.15) is 13.2 Å². The van der Waals surface area contributed by atoms with E-state index in [1.54, 1.807) is 13.0 Å². The molecule has 132 valence electrons. The van der Waals surface area contributed by atoms with E-state index in [-0.39, 0.29) is 5.01 Å². The number of benzene rings is 1. The van der Waals surface area contributed by atoms with Crippen LogP contribution >= 0.6 is 0 Å². The Bertz CT molecular complexity index is 658. The van der Waals surface area contributed by atoms with Crippen molar-refractivity contribution in [3.63, 3.8) is 0 Å². The zero-order valence-corrected chi connectivity index (χ0v) is 13.5. The number of carbonyl (C=O) groups is 1. The number of hydrogen-bond acceptors (Lipinski definition) is 4. The Morgan fingerprint density at radius 1 is 1.42 bits per heavy atom. The third-order valence-corrected chi connectivity index (χ3v) is 3.74. The van der Waals surface area contributed by atoms with E-state index in [0.717, 1.165) is 17.3 Å². The standard InChI is InChI=1S/C16H19F3N2O3/c1-10(2)12-4-5-13(11(3)8-12)24-9-14(22)21-15(23,6-7-20-21)16(17,18)19/h4-8,10,20,23H,9H2,1-3H3/t15-/m1/s1. The summed E-state index contributed by atoms with van der Waals surface area (Å²) in [5.74, 6) is -0.330. The van der Waals surface area contributed by atoms with Crippen LogP contribution in [0.15, 0.2) is 30.5 Å². The van der Waals surface area contributed by atoms with E-state index in [9.17, 15) is 23.1 Å². The first-order valence-electron chi connectivity index (χ1n) is 7.35. The highest BCUT2D eigenvalue weighted by Gasteiger charge is 2.60. The quantitative estimate of drug-likeness (QED) is 0.881. The Kier molecular flexibility index (Phi) is 4.80. The number of nitrogens with one attached hydrogen (secondary N) is 1. The van der Waals surface area contributed by atoms with Crippen molar-refractivity contribution in [2.75, 3.05) is 6.61 Å². The summed E-state index contributed by atoms with van der Waals surface area (Å²) in [6, 6.07) is 5.40. The SMILES string of the molecule is Cc1cc(C(C)C)ccc1OCC(=O)N1NC=C[C@@]1(O)C(F)(F)F. The first kappa shape index (κ1) is 18.1. The summed E-state index contributed by atoms with van der Waals surface area (Å²) in [6.07, 6.45) is -3.71. The summed E-state index contributed by atoms with van der Waals surface area (Å²) in [5, 5.41) is 9.78. The minimum Gasteiger partial charge on any atom is -0.483 e. The number of nitrogens with zero attached hydrogens (tertiary/aromatic N) is 1. The molecule has 1 heterocycles. The summed E-state index contributed by atoms with van der Waals surface area (Å²) in [6.45, 7) is 5.20. The second-order valence-electron chi connectivity index (χ2n) is 5.88. The minimum absolute atomic E-state index is 0.102. The topological polar surface area (TPSA) is 61.8 Å². The van der Waals surface area contributed by atoms with Crippen LogP contribution in [-0.2, 0) is 4.79 Å². The Morgan fingerprint density at radius 3 is 2.62 bits per heavy atom. The molecule has 0 saturated carbocycles. The van der Waals surface area contributed by atoms with Crippen LogP contribution in [0, 0.1) is 6.92 Å². The average molecular weight is 344 g/mol. The van der Waals surface area contributed by atoms with Gasteiger partial charge in [0.05, 0.1) is 0 Å². The van der Waals surface area contributed by atoms with Gasteiger partial charge in [-0.3, -0.25) is 4.79 Å². The van der Waals surface area contributed by atoms with Gasteiger partial charge in [0.2, 0.25) is 0 Å². The van der Waals surface area contributed by atoms with Crippen LogP contribution in [0.25, 0.3) is 0 Å². The lowest BCUT2D eigenvalue weighted by atomic mass is 10.0. The lowest BCUT2D eigenvalue weighted by molar-refractivity contribution is -0.289. The number of hydrazine groups is 1. The molecule has 2 rings (SSSR count). The Labute approximate surface area is 137 Å². The third kappa shape index (κ3) is 3.33. The fraction of sp³-hybridized carbons (Fsp3) is 0.438. The first-order chi connectivity index (χ1) is 11.1.